The van der Waals surface area contributed by atoms with Crippen molar-refractivity contribution in [3.63, 3.8) is 0 Å². The topological polar surface area (TPSA) is 49.3 Å². The lowest BCUT2D eigenvalue weighted by atomic mass is 10.1. The second-order valence-electron chi connectivity index (χ2n) is 5.28. The maximum atomic E-state index is 11.6. The minimum atomic E-state index is 0.0278. The smallest absolute Gasteiger partial charge is 0.225 e. The Morgan fingerprint density at radius 2 is 1.68 bits per heavy atom. The Labute approximate surface area is 134 Å². The summed E-state index contributed by atoms with van der Waals surface area (Å²) in [6, 6.07) is 7.34. The maximum absolute atomic E-state index is 11.6. The Hall–Kier alpha value is -2.14. The molecule has 0 atom stereocenters. The average molecular weight is 317 g/mol. The zero-order valence-corrected chi connectivity index (χ0v) is 13.1. The predicted molar refractivity (Wildman–Crippen MR) is 87.9 cm³/mol. The molecule has 1 aromatic carbocycles. The number of aromatic nitrogens is 2. The first-order valence-corrected chi connectivity index (χ1v) is 7.60. The molecule has 2 heterocycles. The Balaban J connectivity index is 1.73. The monoisotopic (exact) mass is 316 g/mol. The van der Waals surface area contributed by atoms with Crippen molar-refractivity contribution in [3.8, 4) is 0 Å². The highest BCUT2D eigenvalue weighted by molar-refractivity contribution is 6.31. The van der Waals surface area contributed by atoms with Gasteiger partial charge in [-0.05, 0) is 31.2 Å². The maximum Gasteiger partial charge on any atom is 0.225 e. The predicted octanol–water partition coefficient (Wildman–Crippen LogP) is 2.66. The molecule has 0 spiro atoms. The summed E-state index contributed by atoms with van der Waals surface area (Å²) in [6.07, 6.45) is 3.51. The van der Waals surface area contributed by atoms with Crippen molar-refractivity contribution in [1.29, 1.82) is 0 Å². The summed E-state index contributed by atoms with van der Waals surface area (Å²) in [5, 5.41) is 0.594. The fourth-order valence-corrected chi connectivity index (χ4v) is 2.81. The van der Waals surface area contributed by atoms with Crippen LogP contribution in [0.15, 0.2) is 36.7 Å². The van der Waals surface area contributed by atoms with Crippen LogP contribution in [0.25, 0.3) is 0 Å². The van der Waals surface area contributed by atoms with Crippen LogP contribution in [0.1, 0.15) is 17.3 Å². The van der Waals surface area contributed by atoms with Crippen molar-refractivity contribution in [2.75, 3.05) is 36.0 Å². The number of rotatable bonds is 3. The van der Waals surface area contributed by atoms with Crippen molar-refractivity contribution in [3.05, 3.63) is 47.2 Å². The first kappa shape index (κ1) is 14.8. The summed E-state index contributed by atoms with van der Waals surface area (Å²) >= 11 is 6.13. The molecule has 6 heteroatoms. The SMILES string of the molecule is CC(=O)c1cc(Cl)cc(N2CCN(c3ncccn3)CC2)c1. The molecule has 2 aromatic rings. The number of anilines is 2. The molecule has 1 aliphatic heterocycles. The van der Waals surface area contributed by atoms with Crippen LogP contribution in [0.5, 0.6) is 0 Å². The van der Waals surface area contributed by atoms with Gasteiger partial charge in [-0.15, -0.1) is 0 Å². The van der Waals surface area contributed by atoms with Crippen LogP contribution in [-0.2, 0) is 0 Å². The third-order valence-electron chi connectivity index (χ3n) is 3.77. The largest absolute Gasteiger partial charge is 0.368 e. The Morgan fingerprint density at radius 1 is 1.05 bits per heavy atom. The van der Waals surface area contributed by atoms with Crippen LogP contribution in [0.3, 0.4) is 0 Å². The molecule has 1 fully saturated rings. The van der Waals surface area contributed by atoms with Crippen LogP contribution < -0.4 is 9.80 Å². The highest BCUT2D eigenvalue weighted by atomic mass is 35.5. The van der Waals surface area contributed by atoms with E-state index in [1.54, 1.807) is 25.4 Å². The van der Waals surface area contributed by atoms with E-state index in [4.69, 9.17) is 11.6 Å². The molecule has 114 valence electrons. The Morgan fingerprint density at radius 3 is 2.32 bits per heavy atom. The van der Waals surface area contributed by atoms with Crippen molar-refractivity contribution >= 4 is 29.0 Å². The zero-order valence-electron chi connectivity index (χ0n) is 12.4. The van der Waals surface area contributed by atoms with Gasteiger partial charge < -0.3 is 9.80 Å². The van der Waals surface area contributed by atoms with Crippen LogP contribution in [0, 0.1) is 0 Å². The molecular formula is C16H17ClN4O. The quantitative estimate of drug-likeness (QED) is 0.815. The summed E-state index contributed by atoms with van der Waals surface area (Å²) in [5.41, 5.74) is 1.64. The van der Waals surface area contributed by atoms with Gasteiger partial charge in [0.2, 0.25) is 5.95 Å². The zero-order chi connectivity index (χ0) is 15.5. The molecule has 0 saturated carbocycles. The fraction of sp³-hybridized carbons (Fsp3) is 0.312. The van der Waals surface area contributed by atoms with E-state index in [-0.39, 0.29) is 5.78 Å². The number of carbonyl (C=O) groups excluding carboxylic acids is 1. The van der Waals surface area contributed by atoms with E-state index >= 15 is 0 Å². The summed E-state index contributed by atoms with van der Waals surface area (Å²) in [4.78, 5) is 24.5. The van der Waals surface area contributed by atoms with E-state index in [9.17, 15) is 4.79 Å². The van der Waals surface area contributed by atoms with E-state index in [2.05, 4.69) is 19.8 Å². The third kappa shape index (κ3) is 3.20. The van der Waals surface area contributed by atoms with Gasteiger partial charge in [-0.3, -0.25) is 4.79 Å². The molecule has 1 aliphatic rings. The van der Waals surface area contributed by atoms with Crippen LogP contribution in [0.2, 0.25) is 5.02 Å². The molecule has 0 bridgehead atoms. The van der Waals surface area contributed by atoms with E-state index in [0.717, 1.165) is 37.8 Å². The molecule has 0 radical (unpaired) electrons. The van der Waals surface area contributed by atoms with Gasteiger partial charge in [0.25, 0.3) is 0 Å². The van der Waals surface area contributed by atoms with E-state index in [1.165, 1.54) is 0 Å². The number of piperazine rings is 1. The number of hydrogen-bond donors (Lipinski definition) is 0. The molecule has 0 unspecified atom stereocenters. The van der Waals surface area contributed by atoms with Crippen LogP contribution in [0.4, 0.5) is 11.6 Å². The standard InChI is InChI=1S/C16H17ClN4O/c1-12(22)13-9-14(17)11-15(10-13)20-5-7-21(8-6-20)16-18-3-2-4-19-16/h2-4,9-11H,5-8H2,1H3. The molecule has 0 N–H and O–H groups in total. The molecule has 1 aromatic heterocycles. The normalized spacial score (nSPS) is 15.0. The van der Waals surface area contributed by atoms with Gasteiger partial charge in [-0.1, -0.05) is 11.6 Å². The number of Topliss-reactive ketones (excluding diaryl/α,β-unsaturated/α-hetero) is 1. The fourth-order valence-electron chi connectivity index (χ4n) is 2.58. The first-order valence-electron chi connectivity index (χ1n) is 7.22. The molecule has 22 heavy (non-hydrogen) atoms. The number of hydrogen-bond acceptors (Lipinski definition) is 5. The third-order valence-corrected chi connectivity index (χ3v) is 3.99. The van der Waals surface area contributed by atoms with Crippen LogP contribution in [-0.4, -0.2) is 41.9 Å². The van der Waals surface area contributed by atoms with Crippen molar-refractivity contribution in [2.24, 2.45) is 0 Å². The second-order valence-corrected chi connectivity index (χ2v) is 5.71. The van der Waals surface area contributed by atoms with E-state index in [0.29, 0.717) is 10.6 Å². The molecular weight excluding hydrogens is 300 g/mol. The minimum Gasteiger partial charge on any atom is -0.368 e. The van der Waals surface area contributed by atoms with Gasteiger partial charge in [0.05, 0.1) is 0 Å². The van der Waals surface area contributed by atoms with Gasteiger partial charge in [-0.25, -0.2) is 9.97 Å². The number of carbonyl (C=O) groups is 1. The number of benzene rings is 1. The summed E-state index contributed by atoms with van der Waals surface area (Å²) in [5.74, 6) is 0.790. The molecule has 5 nitrogen and oxygen atoms in total. The second kappa shape index (κ2) is 6.32. The number of halogens is 1. The van der Waals surface area contributed by atoms with Crippen molar-refractivity contribution in [2.45, 2.75) is 6.92 Å². The highest BCUT2D eigenvalue weighted by Crippen LogP contribution is 2.24. The van der Waals surface area contributed by atoms with E-state index < -0.39 is 0 Å². The molecule has 0 amide bonds. The Kier molecular flexibility index (Phi) is 4.24. The number of ketones is 1. The summed E-state index contributed by atoms with van der Waals surface area (Å²) in [6.45, 7) is 4.92. The summed E-state index contributed by atoms with van der Waals surface area (Å²) < 4.78 is 0. The number of nitrogens with zero attached hydrogens (tertiary/aromatic N) is 4. The van der Waals surface area contributed by atoms with Crippen molar-refractivity contribution < 1.29 is 4.79 Å². The lowest BCUT2D eigenvalue weighted by Crippen LogP contribution is -2.47. The lowest BCUT2D eigenvalue weighted by molar-refractivity contribution is 0.101. The molecule has 0 aliphatic carbocycles. The van der Waals surface area contributed by atoms with Gasteiger partial charge >= 0.3 is 0 Å². The minimum absolute atomic E-state index is 0.0278. The summed E-state index contributed by atoms with van der Waals surface area (Å²) in [7, 11) is 0. The molecule has 1 saturated heterocycles. The molecule has 3 rings (SSSR count). The van der Waals surface area contributed by atoms with Crippen molar-refractivity contribution in [1.82, 2.24) is 9.97 Å². The van der Waals surface area contributed by atoms with Gasteiger partial charge in [0, 0.05) is 54.8 Å². The van der Waals surface area contributed by atoms with Gasteiger partial charge in [0.1, 0.15) is 0 Å². The van der Waals surface area contributed by atoms with Gasteiger partial charge in [-0.2, -0.15) is 0 Å². The first-order chi connectivity index (χ1) is 10.6. The Bertz CT molecular complexity index is 669. The lowest BCUT2D eigenvalue weighted by Gasteiger charge is -2.36. The average Bonchev–Trinajstić information content (AvgIpc) is 2.55. The van der Waals surface area contributed by atoms with Crippen LogP contribution >= 0.6 is 11.6 Å². The van der Waals surface area contributed by atoms with Gasteiger partial charge in [0.15, 0.2) is 5.78 Å². The highest BCUT2D eigenvalue weighted by Gasteiger charge is 2.19. The van der Waals surface area contributed by atoms with E-state index in [1.807, 2.05) is 18.2 Å².